The van der Waals surface area contributed by atoms with Crippen LogP contribution in [0.4, 0.5) is 0 Å². The lowest BCUT2D eigenvalue weighted by molar-refractivity contribution is 0.552. The van der Waals surface area contributed by atoms with E-state index in [2.05, 4.69) is 15.9 Å². The first-order valence-electron chi connectivity index (χ1n) is 5.63. The number of pyridine rings is 1. The molecule has 0 unspecified atom stereocenters. The molecule has 102 valence electrons. The fourth-order valence-corrected chi connectivity index (χ4v) is 3.07. The van der Waals surface area contributed by atoms with Gasteiger partial charge in [0.1, 0.15) is 0 Å². The van der Waals surface area contributed by atoms with E-state index >= 15 is 0 Å². The first-order chi connectivity index (χ1) is 8.04. The molecule has 0 bridgehead atoms. The molecule has 18 heavy (non-hydrogen) atoms. The van der Waals surface area contributed by atoms with Crippen LogP contribution in [0.1, 0.15) is 26.3 Å². The fourth-order valence-electron chi connectivity index (χ4n) is 1.43. The molecule has 1 rings (SSSR count). The van der Waals surface area contributed by atoms with Gasteiger partial charge in [-0.1, -0.05) is 0 Å². The van der Waals surface area contributed by atoms with Gasteiger partial charge < -0.3 is 4.57 Å². The molecule has 1 aromatic heterocycles. The first-order valence-corrected chi connectivity index (χ1v) is 8.08. The van der Waals surface area contributed by atoms with Gasteiger partial charge in [-0.3, -0.25) is 4.79 Å². The highest BCUT2D eigenvalue weighted by Gasteiger charge is 2.28. The summed E-state index contributed by atoms with van der Waals surface area (Å²) in [6.07, 6.45) is 1.62. The number of hydrogen-bond acceptors (Lipinski definition) is 3. The van der Waals surface area contributed by atoms with Crippen molar-refractivity contribution in [3.8, 4) is 0 Å². The topological polar surface area (TPSA) is 56.1 Å². The van der Waals surface area contributed by atoms with Gasteiger partial charge in [0.05, 0.1) is 10.5 Å². The molecule has 0 saturated carbocycles. The van der Waals surface area contributed by atoms with Crippen LogP contribution < -0.4 is 5.56 Å². The summed E-state index contributed by atoms with van der Waals surface area (Å²) < 4.78 is 25.4. The van der Waals surface area contributed by atoms with Crippen LogP contribution in [0.15, 0.2) is 21.5 Å². The van der Waals surface area contributed by atoms with Gasteiger partial charge in [0.2, 0.25) is 0 Å². The van der Waals surface area contributed by atoms with Gasteiger partial charge in [-0.15, -0.1) is 0 Å². The minimum Gasteiger partial charge on any atom is -0.313 e. The number of halogens is 1. The van der Waals surface area contributed by atoms with Crippen molar-refractivity contribution < 1.29 is 8.42 Å². The van der Waals surface area contributed by atoms with E-state index in [0.29, 0.717) is 5.56 Å². The summed E-state index contributed by atoms with van der Waals surface area (Å²) in [5.41, 5.74) is 0.444. The van der Waals surface area contributed by atoms with Crippen molar-refractivity contribution in [1.29, 1.82) is 0 Å². The zero-order valence-electron chi connectivity index (χ0n) is 11.0. The average Bonchev–Trinajstić information content (AvgIpc) is 2.19. The summed E-state index contributed by atoms with van der Waals surface area (Å²) in [7, 11) is -3.21. The molecule has 0 amide bonds. The van der Waals surface area contributed by atoms with Gasteiger partial charge in [0.25, 0.3) is 5.56 Å². The van der Waals surface area contributed by atoms with E-state index < -0.39 is 14.6 Å². The molecule has 0 atom stereocenters. The monoisotopic (exact) mass is 335 g/mol. The number of hydrogen-bond donors (Lipinski definition) is 0. The molecular formula is C12H18BrNO3S. The van der Waals surface area contributed by atoms with Crippen LogP contribution in [0.5, 0.6) is 0 Å². The van der Waals surface area contributed by atoms with Gasteiger partial charge in [0, 0.05) is 22.8 Å². The van der Waals surface area contributed by atoms with Gasteiger partial charge in [0.15, 0.2) is 9.84 Å². The summed E-state index contributed by atoms with van der Waals surface area (Å²) in [5.74, 6) is -0.0354. The second kappa shape index (κ2) is 5.17. The van der Waals surface area contributed by atoms with E-state index in [1.165, 1.54) is 4.57 Å². The van der Waals surface area contributed by atoms with Gasteiger partial charge in [-0.25, -0.2) is 8.42 Å². The fraction of sp³-hybridized carbons (Fsp3) is 0.583. The average molecular weight is 336 g/mol. The van der Waals surface area contributed by atoms with E-state index in [1.807, 2.05) is 0 Å². The van der Waals surface area contributed by atoms with E-state index in [1.54, 1.807) is 40.0 Å². The Kier molecular flexibility index (Phi) is 4.43. The molecule has 0 saturated heterocycles. The second-order valence-corrected chi connectivity index (χ2v) is 9.05. The highest BCUT2D eigenvalue weighted by atomic mass is 79.9. The Morgan fingerprint density at radius 2 is 1.89 bits per heavy atom. The van der Waals surface area contributed by atoms with Crippen LogP contribution in [-0.2, 0) is 16.4 Å². The number of nitrogens with zero attached hydrogens (tertiary/aromatic N) is 1. The van der Waals surface area contributed by atoms with Gasteiger partial charge >= 0.3 is 0 Å². The van der Waals surface area contributed by atoms with Crippen molar-refractivity contribution in [2.45, 2.75) is 39.0 Å². The zero-order valence-corrected chi connectivity index (χ0v) is 13.4. The molecule has 0 aliphatic heterocycles. The highest BCUT2D eigenvalue weighted by molar-refractivity contribution is 9.10. The molecule has 0 spiro atoms. The van der Waals surface area contributed by atoms with E-state index in [9.17, 15) is 13.2 Å². The summed E-state index contributed by atoms with van der Waals surface area (Å²) in [6.45, 7) is 6.88. The maximum atomic E-state index is 12.0. The molecule has 6 heteroatoms. The third-order valence-electron chi connectivity index (χ3n) is 2.77. The number of sulfone groups is 1. The molecule has 1 heterocycles. The molecule has 0 fully saturated rings. The summed E-state index contributed by atoms with van der Waals surface area (Å²) >= 11 is 3.30. The van der Waals surface area contributed by atoms with Gasteiger partial charge in [-0.05, 0) is 49.7 Å². The smallest absolute Gasteiger partial charge is 0.253 e. The molecule has 0 aliphatic rings. The van der Waals surface area contributed by atoms with Crippen molar-refractivity contribution in [2.75, 3.05) is 5.75 Å². The lowest BCUT2D eigenvalue weighted by Crippen LogP contribution is -2.34. The predicted molar refractivity (Wildman–Crippen MR) is 76.7 cm³/mol. The minimum atomic E-state index is -3.21. The van der Waals surface area contributed by atoms with Crippen LogP contribution in [0.3, 0.4) is 0 Å². The first kappa shape index (κ1) is 15.4. The maximum absolute atomic E-state index is 12.0. The molecule has 4 nitrogen and oxygen atoms in total. The number of aromatic nitrogens is 1. The molecule has 1 aromatic rings. The Hall–Kier alpha value is -0.620. The van der Waals surface area contributed by atoms with Gasteiger partial charge in [-0.2, -0.15) is 0 Å². The second-order valence-electron chi connectivity index (χ2n) is 5.27. The van der Waals surface area contributed by atoms with E-state index in [0.717, 1.165) is 4.47 Å². The molecule has 0 aliphatic carbocycles. The number of rotatable bonds is 3. The number of aryl methyl sites for hydroxylation is 2. The van der Waals surface area contributed by atoms with Crippen LogP contribution in [0, 0.1) is 6.92 Å². The Bertz CT molecular complexity index is 597. The van der Waals surface area contributed by atoms with Crippen molar-refractivity contribution >= 4 is 25.8 Å². The predicted octanol–water partition coefficient (Wildman–Crippen LogP) is 2.13. The molecular weight excluding hydrogens is 318 g/mol. The maximum Gasteiger partial charge on any atom is 0.253 e. The lowest BCUT2D eigenvalue weighted by atomic mass is 10.3. The van der Waals surface area contributed by atoms with Crippen LogP contribution >= 0.6 is 15.9 Å². The highest BCUT2D eigenvalue weighted by Crippen LogP contribution is 2.16. The normalized spacial score (nSPS) is 12.7. The van der Waals surface area contributed by atoms with E-state index in [4.69, 9.17) is 0 Å². The minimum absolute atomic E-state index is 0.0354. The molecule has 0 aromatic carbocycles. The zero-order chi connectivity index (χ0) is 14.1. The standard InChI is InChI=1S/C12H18BrNO3S/c1-9-7-10(13)8-14(11(9)15)5-6-18(16,17)12(2,3)4/h7-8H,5-6H2,1-4H3. The third-order valence-corrected chi connectivity index (χ3v) is 5.79. The molecule has 0 radical (unpaired) electrons. The summed E-state index contributed by atoms with van der Waals surface area (Å²) in [6, 6.07) is 1.72. The Morgan fingerprint density at radius 3 is 2.39 bits per heavy atom. The lowest BCUT2D eigenvalue weighted by Gasteiger charge is -2.19. The van der Waals surface area contributed by atoms with Crippen LogP contribution in [0.2, 0.25) is 0 Å². The van der Waals surface area contributed by atoms with Crippen molar-refractivity contribution in [2.24, 2.45) is 0 Å². The molecule has 0 N–H and O–H groups in total. The summed E-state index contributed by atoms with van der Waals surface area (Å²) in [4.78, 5) is 11.8. The van der Waals surface area contributed by atoms with Crippen molar-refractivity contribution in [3.63, 3.8) is 0 Å². The van der Waals surface area contributed by atoms with Crippen LogP contribution in [-0.4, -0.2) is 23.5 Å². The van der Waals surface area contributed by atoms with Crippen molar-refractivity contribution in [1.82, 2.24) is 4.57 Å². The Labute approximate surface area is 116 Å². The largest absolute Gasteiger partial charge is 0.313 e. The quantitative estimate of drug-likeness (QED) is 0.850. The van der Waals surface area contributed by atoms with Crippen molar-refractivity contribution in [3.05, 3.63) is 32.7 Å². The van der Waals surface area contributed by atoms with Crippen LogP contribution in [0.25, 0.3) is 0 Å². The Morgan fingerprint density at radius 1 is 1.33 bits per heavy atom. The SMILES string of the molecule is Cc1cc(Br)cn(CCS(=O)(=O)C(C)(C)C)c1=O. The summed E-state index contributed by atoms with van der Waals surface area (Å²) in [5, 5.41) is 0. The third kappa shape index (κ3) is 3.45. The Balaban J connectivity index is 2.99. The van der Waals surface area contributed by atoms with E-state index in [-0.39, 0.29) is 17.9 Å².